The van der Waals surface area contributed by atoms with Gasteiger partial charge >= 0.3 is 21.5 Å². The fourth-order valence-electron chi connectivity index (χ4n) is 2.17. The van der Waals surface area contributed by atoms with Gasteiger partial charge in [-0.3, -0.25) is 4.55 Å². The summed E-state index contributed by atoms with van der Waals surface area (Å²) in [5.41, 5.74) is 0.813. The maximum Gasteiger partial charge on any atom is 0.432 e. The third-order valence-corrected chi connectivity index (χ3v) is 4.30. The number of para-hydroxylation sites is 1. The molecule has 0 aliphatic heterocycles. The van der Waals surface area contributed by atoms with Gasteiger partial charge in [-0.2, -0.15) is 30.4 Å². The highest BCUT2D eigenvalue weighted by atomic mass is 32.2. The number of benzene rings is 2. The van der Waals surface area contributed by atoms with Gasteiger partial charge in [-0.25, -0.2) is 0 Å². The van der Waals surface area contributed by atoms with Crippen molar-refractivity contribution in [2.45, 2.75) is 24.0 Å². The molecule has 26 heavy (non-hydrogen) atoms. The molecule has 0 amide bonds. The molecule has 0 fully saturated rings. The highest BCUT2D eigenvalue weighted by Crippen LogP contribution is 2.39. The third kappa shape index (κ3) is 4.50. The summed E-state index contributed by atoms with van der Waals surface area (Å²) >= 11 is 0. The van der Waals surface area contributed by atoms with E-state index in [0.29, 0.717) is 5.56 Å². The summed E-state index contributed by atoms with van der Waals surface area (Å²) < 4.78 is 101. The highest BCUT2D eigenvalue weighted by molar-refractivity contribution is 7.86. The molecule has 2 aromatic rings. The van der Waals surface area contributed by atoms with Crippen LogP contribution in [0.25, 0.3) is 0 Å². The summed E-state index contributed by atoms with van der Waals surface area (Å²) in [6.45, 7) is 0. The van der Waals surface area contributed by atoms with Gasteiger partial charge in [-0.1, -0.05) is 48.5 Å². The Kier molecular flexibility index (Phi) is 5.57. The van der Waals surface area contributed by atoms with E-state index in [2.05, 4.69) is 4.74 Å². The van der Waals surface area contributed by atoms with Gasteiger partial charge in [0.1, 0.15) is 5.75 Å². The quantitative estimate of drug-likeness (QED) is 0.591. The molecule has 0 spiro atoms. The van der Waals surface area contributed by atoms with E-state index < -0.39 is 33.4 Å². The third-order valence-electron chi connectivity index (χ3n) is 3.40. The molecule has 4 nitrogen and oxygen atoms in total. The Morgan fingerprint density at radius 2 is 1.46 bits per heavy atom. The molecule has 0 radical (unpaired) electrons. The van der Waals surface area contributed by atoms with Crippen molar-refractivity contribution in [2.75, 3.05) is 0 Å². The van der Waals surface area contributed by atoms with E-state index in [1.165, 1.54) is 18.2 Å². The van der Waals surface area contributed by atoms with E-state index >= 15 is 0 Å². The van der Waals surface area contributed by atoms with Crippen molar-refractivity contribution in [2.24, 2.45) is 0 Å². The van der Waals surface area contributed by atoms with Gasteiger partial charge < -0.3 is 4.74 Å². The number of hydrogen-bond acceptors (Lipinski definition) is 3. The first-order chi connectivity index (χ1) is 11.9. The first-order valence-electron chi connectivity index (χ1n) is 7.13. The van der Waals surface area contributed by atoms with Crippen LogP contribution in [0, 0.1) is 0 Å². The Morgan fingerprint density at radius 3 is 2.00 bits per heavy atom. The molecule has 1 atom stereocenters. The maximum atomic E-state index is 13.7. The first kappa shape index (κ1) is 20.1. The molecule has 2 aromatic carbocycles. The van der Waals surface area contributed by atoms with Gasteiger partial charge in [0.15, 0.2) is 0 Å². The van der Waals surface area contributed by atoms with Crippen molar-refractivity contribution in [3.8, 4) is 5.75 Å². The summed E-state index contributed by atoms with van der Waals surface area (Å²) in [6.07, 6.45) is -9.75. The van der Waals surface area contributed by atoms with Crippen LogP contribution in [-0.4, -0.2) is 30.5 Å². The predicted octanol–water partition coefficient (Wildman–Crippen LogP) is 4.07. The molecule has 142 valence electrons. The van der Waals surface area contributed by atoms with E-state index in [-0.39, 0.29) is 12.0 Å². The van der Waals surface area contributed by atoms with Crippen LogP contribution >= 0.6 is 0 Å². The number of halogens is 5. The van der Waals surface area contributed by atoms with Gasteiger partial charge in [0.2, 0.25) is 0 Å². The van der Waals surface area contributed by atoms with Crippen molar-refractivity contribution in [1.82, 2.24) is 0 Å². The fraction of sp³-hybridized carbons (Fsp3) is 0.250. The van der Waals surface area contributed by atoms with Crippen LogP contribution in [0.3, 0.4) is 0 Å². The normalized spacial score (nSPS) is 14.1. The minimum absolute atomic E-state index is 0.0685. The Hall–Kier alpha value is -2.20. The monoisotopic (exact) mass is 396 g/mol. The second-order valence-electron chi connectivity index (χ2n) is 5.35. The van der Waals surface area contributed by atoms with Crippen molar-refractivity contribution in [3.05, 3.63) is 65.7 Å². The van der Waals surface area contributed by atoms with Crippen LogP contribution in [0.4, 0.5) is 22.0 Å². The molecule has 1 N–H and O–H groups in total. The molecule has 10 heteroatoms. The molecular weight excluding hydrogens is 383 g/mol. The summed E-state index contributed by atoms with van der Waals surface area (Å²) in [5, 5.41) is -5.58. The molecule has 0 aromatic heterocycles. The smallest absolute Gasteiger partial charge is 0.432 e. The second-order valence-corrected chi connectivity index (χ2v) is 6.84. The Bertz CT molecular complexity index is 850. The van der Waals surface area contributed by atoms with E-state index in [1.54, 1.807) is 30.3 Å². The van der Waals surface area contributed by atoms with Gasteiger partial charge in [0.25, 0.3) is 6.10 Å². The minimum atomic E-state index is -6.35. The fourth-order valence-corrected chi connectivity index (χ4v) is 2.62. The molecule has 0 bridgehead atoms. The number of rotatable bonds is 6. The number of alkyl halides is 5. The van der Waals surface area contributed by atoms with Crippen molar-refractivity contribution >= 4 is 10.1 Å². The van der Waals surface area contributed by atoms with Gasteiger partial charge in [0, 0.05) is 6.42 Å². The van der Waals surface area contributed by atoms with E-state index in [4.69, 9.17) is 4.55 Å². The zero-order valence-electron chi connectivity index (χ0n) is 13.0. The van der Waals surface area contributed by atoms with Crippen molar-refractivity contribution in [1.29, 1.82) is 0 Å². The van der Waals surface area contributed by atoms with Crippen LogP contribution in [0.15, 0.2) is 54.6 Å². The van der Waals surface area contributed by atoms with E-state index in [9.17, 15) is 30.4 Å². The zero-order chi connectivity index (χ0) is 19.6. The number of ether oxygens (including phenoxy) is 1. The molecule has 2 rings (SSSR count). The second kappa shape index (κ2) is 7.20. The summed E-state index contributed by atoms with van der Waals surface area (Å²) in [4.78, 5) is 0. The van der Waals surface area contributed by atoms with Crippen LogP contribution < -0.4 is 4.74 Å². The minimum Gasteiger partial charge on any atom is -0.473 e. The Morgan fingerprint density at radius 1 is 0.923 bits per heavy atom. The van der Waals surface area contributed by atoms with Crippen LogP contribution in [0.5, 0.6) is 5.75 Å². The van der Waals surface area contributed by atoms with Crippen molar-refractivity contribution in [3.63, 3.8) is 0 Å². The lowest BCUT2D eigenvalue weighted by Crippen LogP contribution is -2.53. The lowest BCUT2D eigenvalue weighted by atomic mass is 10.0. The summed E-state index contributed by atoms with van der Waals surface area (Å²) in [5.74, 6) is -0.568. The lowest BCUT2D eigenvalue weighted by molar-refractivity contribution is -0.239. The average Bonchev–Trinajstić information content (AvgIpc) is 2.52. The molecule has 1 unspecified atom stereocenters. The topological polar surface area (TPSA) is 63.6 Å². The number of hydrogen-bond donors (Lipinski definition) is 1. The molecule has 0 saturated carbocycles. The standard InChI is InChI=1S/C16H13F5O4S/c17-15(18,19)14(16(20,21)26(22,23)24)25-13-9-5-4-8-12(13)10-11-6-2-1-3-7-11/h1-9,14H,10H2,(H,22,23,24). The SMILES string of the molecule is O=S(=O)(O)C(F)(F)C(Oc1ccccc1Cc1ccccc1)C(F)(F)F. The van der Waals surface area contributed by atoms with Crippen molar-refractivity contribution < 1.29 is 39.7 Å². The molecule has 0 saturated heterocycles. The molecular formula is C16H13F5O4S. The van der Waals surface area contributed by atoms with Gasteiger partial charge in [0.05, 0.1) is 0 Å². The van der Waals surface area contributed by atoms with Crippen LogP contribution in [0.1, 0.15) is 11.1 Å². The zero-order valence-corrected chi connectivity index (χ0v) is 13.8. The summed E-state index contributed by atoms with van der Waals surface area (Å²) in [7, 11) is -6.35. The predicted molar refractivity (Wildman–Crippen MR) is 82.7 cm³/mol. The molecule has 0 aliphatic carbocycles. The molecule has 0 heterocycles. The van der Waals surface area contributed by atoms with E-state index in [1.807, 2.05) is 0 Å². The van der Waals surface area contributed by atoms with Gasteiger partial charge in [-0.05, 0) is 17.2 Å². The van der Waals surface area contributed by atoms with E-state index in [0.717, 1.165) is 6.07 Å². The average molecular weight is 396 g/mol. The molecule has 0 aliphatic rings. The van der Waals surface area contributed by atoms with Gasteiger partial charge in [-0.15, -0.1) is 0 Å². The highest BCUT2D eigenvalue weighted by Gasteiger charge is 2.65. The Labute approximate surface area is 146 Å². The van der Waals surface area contributed by atoms with Crippen LogP contribution in [-0.2, 0) is 16.5 Å². The Balaban J connectivity index is 2.41. The first-order valence-corrected chi connectivity index (χ1v) is 8.57. The lowest BCUT2D eigenvalue weighted by Gasteiger charge is -2.27. The largest absolute Gasteiger partial charge is 0.473 e. The maximum absolute atomic E-state index is 13.7. The van der Waals surface area contributed by atoms with Crippen LogP contribution in [0.2, 0.25) is 0 Å². The summed E-state index contributed by atoms with van der Waals surface area (Å²) in [6, 6.07) is 13.5.